The average Bonchev–Trinajstić information content (AvgIpc) is 2.94. The minimum Gasteiger partial charge on any atom is -0.497 e. The molecule has 0 spiro atoms. The lowest BCUT2D eigenvalue weighted by Gasteiger charge is -2.15. The molecule has 3 rings (SSSR count). The second-order valence-corrected chi connectivity index (χ2v) is 5.86. The molecule has 0 aromatic heterocycles. The maximum atomic E-state index is 12.2. The van der Waals surface area contributed by atoms with Crippen LogP contribution in [0.4, 0.5) is 0 Å². The van der Waals surface area contributed by atoms with Crippen molar-refractivity contribution in [2.45, 2.75) is 13.0 Å². The van der Waals surface area contributed by atoms with Crippen molar-refractivity contribution >= 4 is 12.0 Å². The van der Waals surface area contributed by atoms with E-state index in [1.807, 2.05) is 47.4 Å². The summed E-state index contributed by atoms with van der Waals surface area (Å²) in [5.41, 5.74) is 2.27. The molecule has 0 aliphatic carbocycles. The Bertz CT molecular complexity index is 694. The second-order valence-electron chi connectivity index (χ2n) is 5.86. The second kappa shape index (κ2) is 7.14. The predicted octanol–water partition coefficient (Wildman–Crippen LogP) is 3.76. The maximum absolute atomic E-state index is 12.2. The van der Waals surface area contributed by atoms with Gasteiger partial charge >= 0.3 is 0 Å². The number of nitrogens with zero attached hydrogens (tertiary/aromatic N) is 1. The highest BCUT2D eigenvalue weighted by atomic mass is 16.5. The molecular formula is C20H21NO2. The fraction of sp³-hybridized carbons (Fsp3) is 0.250. The predicted molar refractivity (Wildman–Crippen MR) is 92.0 cm³/mol. The highest BCUT2D eigenvalue weighted by Gasteiger charge is 2.27. The minimum absolute atomic E-state index is 0.231. The minimum atomic E-state index is 0.231. The van der Waals surface area contributed by atoms with Crippen LogP contribution in [0.15, 0.2) is 60.7 Å². The zero-order valence-electron chi connectivity index (χ0n) is 13.3. The molecule has 3 heteroatoms. The summed E-state index contributed by atoms with van der Waals surface area (Å²) in [7, 11) is 1.67. The lowest BCUT2D eigenvalue weighted by atomic mass is 10.1. The van der Waals surface area contributed by atoms with Crippen molar-refractivity contribution in [2.24, 2.45) is 5.92 Å². The number of carbonyl (C=O) groups is 1. The van der Waals surface area contributed by atoms with E-state index in [1.54, 1.807) is 7.11 Å². The molecule has 1 aliphatic rings. The van der Waals surface area contributed by atoms with Gasteiger partial charge in [-0.15, -0.1) is 0 Å². The van der Waals surface area contributed by atoms with Gasteiger partial charge in [0.05, 0.1) is 7.11 Å². The van der Waals surface area contributed by atoms with Crippen molar-refractivity contribution in [1.82, 2.24) is 4.90 Å². The number of benzene rings is 2. The van der Waals surface area contributed by atoms with Gasteiger partial charge < -0.3 is 9.64 Å². The zero-order chi connectivity index (χ0) is 16.1. The van der Waals surface area contributed by atoms with Crippen molar-refractivity contribution in [3.63, 3.8) is 0 Å². The summed E-state index contributed by atoms with van der Waals surface area (Å²) in [5.74, 6) is 1.35. The molecule has 1 unspecified atom stereocenters. The van der Waals surface area contributed by atoms with Gasteiger partial charge in [-0.3, -0.25) is 4.79 Å². The fourth-order valence-corrected chi connectivity index (χ4v) is 2.88. The molecule has 23 heavy (non-hydrogen) atoms. The summed E-state index contributed by atoms with van der Waals surface area (Å²) in [4.78, 5) is 14.1. The molecule has 0 bridgehead atoms. The SMILES string of the molecule is COc1cccc(/C=C/C2CC(=O)N(Cc3ccccc3)C2)c1. The summed E-state index contributed by atoms with van der Waals surface area (Å²) in [6.45, 7) is 1.48. The molecule has 118 valence electrons. The first kappa shape index (κ1) is 15.3. The first-order valence-corrected chi connectivity index (χ1v) is 7.88. The lowest BCUT2D eigenvalue weighted by molar-refractivity contribution is -0.128. The first-order chi connectivity index (χ1) is 11.2. The quantitative estimate of drug-likeness (QED) is 0.842. The molecule has 0 radical (unpaired) electrons. The van der Waals surface area contributed by atoms with E-state index in [-0.39, 0.29) is 11.8 Å². The molecule has 2 aromatic carbocycles. The molecule has 1 atom stereocenters. The maximum Gasteiger partial charge on any atom is 0.223 e. The number of carbonyl (C=O) groups excluding carboxylic acids is 1. The monoisotopic (exact) mass is 307 g/mol. The highest BCUT2D eigenvalue weighted by Crippen LogP contribution is 2.23. The van der Waals surface area contributed by atoms with Crippen LogP contribution in [0.2, 0.25) is 0 Å². The van der Waals surface area contributed by atoms with E-state index in [0.29, 0.717) is 13.0 Å². The Morgan fingerprint density at radius 2 is 2.00 bits per heavy atom. The van der Waals surface area contributed by atoms with Gasteiger partial charge in [0, 0.05) is 25.4 Å². The van der Waals surface area contributed by atoms with E-state index in [0.717, 1.165) is 17.9 Å². The number of ether oxygens (including phenoxy) is 1. The van der Waals surface area contributed by atoms with Crippen molar-refractivity contribution in [2.75, 3.05) is 13.7 Å². The van der Waals surface area contributed by atoms with E-state index in [9.17, 15) is 4.79 Å². The topological polar surface area (TPSA) is 29.5 Å². The molecule has 0 N–H and O–H groups in total. The third-order valence-electron chi connectivity index (χ3n) is 4.12. The average molecular weight is 307 g/mol. The lowest BCUT2D eigenvalue weighted by Crippen LogP contribution is -2.24. The Balaban J connectivity index is 1.62. The van der Waals surface area contributed by atoms with Gasteiger partial charge in [-0.25, -0.2) is 0 Å². The summed E-state index contributed by atoms with van der Waals surface area (Å²) in [6, 6.07) is 18.1. The van der Waals surface area contributed by atoms with Crippen LogP contribution < -0.4 is 4.74 Å². The summed E-state index contributed by atoms with van der Waals surface area (Å²) in [6.07, 6.45) is 4.80. The Kier molecular flexibility index (Phi) is 4.77. The van der Waals surface area contributed by atoms with Gasteiger partial charge in [0.15, 0.2) is 0 Å². The Morgan fingerprint density at radius 1 is 1.17 bits per heavy atom. The molecule has 1 heterocycles. The molecule has 1 fully saturated rings. The smallest absolute Gasteiger partial charge is 0.223 e. The van der Waals surface area contributed by atoms with Crippen LogP contribution in [0, 0.1) is 5.92 Å². The molecule has 0 saturated carbocycles. The number of methoxy groups -OCH3 is 1. The molecule has 2 aromatic rings. The zero-order valence-corrected chi connectivity index (χ0v) is 13.3. The van der Waals surface area contributed by atoms with Crippen LogP contribution in [-0.4, -0.2) is 24.5 Å². The van der Waals surface area contributed by atoms with E-state index in [4.69, 9.17) is 4.74 Å². The molecule has 3 nitrogen and oxygen atoms in total. The van der Waals surface area contributed by atoms with Gasteiger partial charge in [0.2, 0.25) is 5.91 Å². The number of likely N-dealkylation sites (tertiary alicyclic amines) is 1. The third kappa shape index (κ3) is 4.01. The van der Waals surface area contributed by atoms with Gasteiger partial charge in [-0.05, 0) is 23.3 Å². The van der Waals surface area contributed by atoms with Crippen LogP contribution in [0.1, 0.15) is 17.5 Å². The molecular weight excluding hydrogens is 286 g/mol. The van der Waals surface area contributed by atoms with Crippen LogP contribution in [0.25, 0.3) is 6.08 Å². The fourth-order valence-electron chi connectivity index (χ4n) is 2.88. The number of amides is 1. The van der Waals surface area contributed by atoms with Crippen LogP contribution in [0.5, 0.6) is 5.75 Å². The highest BCUT2D eigenvalue weighted by molar-refractivity contribution is 5.79. The number of rotatable bonds is 5. The standard InChI is InChI=1S/C20H21NO2/c1-23-19-9-5-8-16(12-19)10-11-18-13-20(22)21(15-18)14-17-6-3-2-4-7-17/h2-12,18H,13-15H2,1H3/b11-10+. The van der Waals surface area contributed by atoms with E-state index in [1.165, 1.54) is 5.56 Å². The van der Waals surface area contributed by atoms with Gasteiger partial charge in [0.25, 0.3) is 0 Å². The third-order valence-corrected chi connectivity index (χ3v) is 4.12. The van der Waals surface area contributed by atoms with Crippen molar-refractivity contribution in [3.05, 3.63) is 71.8 Å². The Morgan fingerprint density at radius 3 is 2.78 bits per heavy atom. The van der Waals surface area contributed by atoms with Gasteiger partial charge in [-0.2, -0.15) is 0 Å². The first-order valence-electron chi connectivity index (χ1n) is 7.88. The number of hydrogen-bond donors (Lipinski definition) is 0. The summed E-state index contributed by atoms with van der Waals surface area (Å²) in [5, 5.41) is 0. The van der Waals surface area contributed by atoms with Crippen LogP contribution in [-0.2, 0) is 11.3 Å². The van der Waals surface area contributed by atoms with Crippen LogP contribution >= 0.6 is 0 Å². The van der Waals surface area contributed by atoms with Crippen molar-refractivity contribution in [1.29, 1.82) is 0 Å². The molecule has 1 aliphatic heterocycles. The van der Waals surface area contributed by atoms with Crippen molar-refractivity contribution < 1.29 is 9.53 Å². The molecule has 1 saturated heterocycles. The van der Waals surface area contributed by atoms with E-state index < -0.39 is 0 Å². The Labute approximate surface area is 137 Å². The largest absolute Gasteiger partial charge is 0.497 e. The number of hydrogen-bond acceptors (Lipinski definition) is 2. The summed E-state index contributed by atoms with van der Waals surface area (Å²) < 4.78 is 5.23. The van der Waals surface area contributed by atoms with E-state index in [2.05, 4.69) is 24.3 Å². The van der Waals surface area contributed by atoms with Crippen molar-refractivity contribution in [3.8, 4) is 5.75 Å². The van der Waals surface area contributed by atoms with Gasteiger partial charge in [-0.1, -0.05) is 54.6 Å². The molecule has 1 amide bonds. The normalized spacial score (nSPS) is 17.9. The van der Waals surface area contributed by atoms with Crippen LogP contribution in [0.3, 0.4) is 0 Å². The Hall–Kier alpha value is -2.55. The van der Waals surface area contributed by atoms with E-state index >= 15 is 0 Å². The summed E-state index contributed by atoms with van der Waals surface area (Å²) >= 11 is 0. The van der Waals surface area contributed by atoms with Gasteiger partial charge in [0.1, 0.15) is 5.75 Å².